The first kappa shape index (κ1) is 25.7. The molecule has 0 aliphatic heterocycles. The van der Waals surface area contributed by atoms with Crippen molar-refractivity contribution in [1.82, 2.24) is 4.72 Å². The number of para-hydroxylation sites is 1. The summed E-state index contributed by atoms with van der Waals surface area (Å²) in [4.78, 5) is 24.6. The molecule has 0 unspecified atom stereocenters. The van der Waals surface area contributed by atoms with Crippen LogP contribution in [0.2, 0.25) is 0 Å². The van der Waals surface area contributed by atoms with Crippen LogP contribution in [0.1, 0.15) is 54.1 Å². The molecule has 0 aliphatic carbocycles. The summed E-state index contributed by atoms with van der Waals surface area (Å²) in [5, 5.41) is 2.59. The normalized spacial score (nSPS) is 10.7. The molecule has 0 saturated heterocycles. The molecule has 6 nitrogen and oxygen atoms in total. The quantitative estimate of drug-likeness (QED) is 0.347. The molecule has 0 fully saturated rings. The fourth-order valence-electron chi connectivity index (χ4n) is 3.21. The highest BCUT2D eigenvalue weighted by Crippen LogP contribution is 2.22. The number of benzene rings is 3. The van der Waals surface area contributed by atoms with Gasteiger partial charge in [-0.2, -0.15) is 0 Å². The third-order valence-electron chi connectivity index (χ3n) is 5.00. The molecule has 2 N–H and O–H groups in total. The van der Waals surface area contributed by atoms with Crippen molar-refractivity contribution in [3.05, 3.63) is 95.3 Å². The predicted octanol–water partition coefficient (Wildman–Crippen LogP) is 4.86. The Morgan fingerprint density at radius 1 is 0.886 bits per heavy atom. The van der Waals surface area contributed by atoms with E-state index in [2.05, 4.69) is 21.9 Å². The SMILES string of the molecule is CCCCCC(=O)NS(=O)(=O)c1ccccc1NC(=O)c1ccc(C#Cc2cccc(F)c2)cc1. The van der Waals surface area contributed by atoms with Crippen molar-refractivity contribution < 1.29 is 22.4 Å². The van der Waals surface area contributed by atoms with Crippen molar-refractivity contribution in [2.75, 3.05) is 5.32 Å². The van der Waals surface area contributed by atoms with Gasteiger partial charge in [0, 0.05) is 23.1 Å². The van der Waals surface area contributed by atoms with Gasteiger partial charge in [0.2, 0.25) is 5.91 Å². The van der Waals surface area contributed by atoms with Crippen molar-refractivity contribution in [3.8, 4) is 11.8 Å². The minimum Gasteiger partial charge on any atom is -0.321 e. The number of amides is 2. The van der Waals surface area contributed by atoms with E-state index in [4.69, 9.17) is 0 Å². The van der Waals surface area contributed by atoms with E-state index in [0.717, 1.165) is 12.8 Å². The monoisotopic (exact) mass is 492 g/mol. The maximum atomic E-state index is 13.3. The maximum absolute atomic E-state index is 13.3. The average Bonchev–Trinajstić information content (AvgIpc) is 2.83. The van der Waals surface area contributed by atoms with Gasteiger partial charge >= 0.3 is 0 Å². The number of carbonyl (C=O) groups excluding carboxylic acids is 2. The van der Waals surface area contributed by atoms with E-state index in [9.17, 15) is 22.4 Å². The Bertz CT molecular complexity index is 1370. The number of anilines is 1. The van der Waals surface area contributed by atoms with Crippen LogP contribution in [0.3, 0.4) is 0 Å². The molecule has 0 heterocycles. The fraction of sp³-hybridized carbons (Fsp3) is 0.185. The Morgan fingerprint density at radius 2 is 1.60 bits per heavy atom. The molecule has 0 radical (unpaired) electrons. The standard InChI is InChI=1S/C27H25FN2O4S/c1-2-3-4-12-26(31)30-35(33,34)25-11-6-5-10-24(25)29-27(32)22-17-15-20(16-18-22)13-14-21-8-7-9-23(28)19-21/h5-11,15-19H,2-4,12H2,1H3,(H,29,32)(H,30,31). The highest BCUT2D eigenvalue weighted by atomic mass is 32.2. The number of carbonyl (C=O) groups is 2. The average molecular weight is 493 g/mol. The van der Waals surface area contributed by atoms with Crippen LogP contribution in [-0.2, 0) is 14.8 Å². The topological polar surface area (TPSA) is 92.3 Å². The van der Waals surface area contributed by atoms with Gasteiger partial charge in [-0.1, -0.05) is 49.8 Å². The van der Waals surface area contributed by atoms with Crippen LogP contribution >= 0.6 is 0 Å². The van der Waals surface area contributed by atoms with Gasteiger partial charge in [0.15, 0.2) is 0 Å². The zero-order valence-corrected chi connectivity index (χ0v) is 20.0. The highest BCUT2D eigenvalue weighted by Gasteiger charge is 2.22. The number of unbranched alkanes of at least 4 members (excludes halogenated alkanes) is 2. The van der Waals surface area contributed by atoms with Crippen molar-refractivity contribution in [2.24, 2.45) is 0 Å². The van der Waals surface area contributed by atoms with Gasteiger partial charge in [0.05, 0.1) is 5.69 Å². The van der Waals surface area contributed by atoms with E-state index in [1.165, 1.54) is 30.3 Å². The molecule has 0 atom stereocenters. The summed E-state index contributed by atoms with van der Waals surface area (Å²) in [5.74, 6) is 4.27. The fourth-order valence-corrected chi connectivity index (χ4v) is 4.38. The number of sulfonamides is 1. The van der Waals surface area contributed by atoms with E-state index in [1.807, 2.05) is 6.92 Å². The Morgan fingerprint density at radius 3 is 2.31 bits per heavy atom. The zero-order chi connectivity index (χ0) is 25.3. The Kier molecular flexibility index (Phi) is 8.76. The number of halogens is 1. The summed E-state index contributed by atoms with van der Waals surface area (Å²) in [5.41, 5.74) is 1.50. The van der Waals surface area contributed by atoms with Crippen molar-refractivity contribution in [2.45, 2.75) is 37.5 Å². The third kappa shape index (κ3) is 7.52. The Balaban J connectivity index is 1.71. The zero-order valence-electron chi connectivity index (χ0n) is 19.2. The molecule has 3 aromatic carbocycles. The maximum Gasteiger partial charge on any atom is 0.266 e. The first-order chi connectivity index (χ1) is 16.8. The summed E-state index contributed by atoms with van der Waals surface area (Å²) in [7, 11) is -4.16. The van der Waals surface area contributed by atoms with Crippen molar-refractivity contribution >= 4 is 27.5 Å². The molecule has 3 aromatic rings. The molecule has 0 spiro atoms. The van der Waals surface area contributed by atoms with Crippen molar-refractivity contribution in [1.29, 1.82) is 0 Å². The van der Waals surface area contributed by atoms with Crippen LogP contribution in [0.4, 0.5) is 10.1 Å². The second-order valence-electron chi connectivity index (χ2n) is 7.77. The van der Waals surface area contributed by atoms with Crippen molar-refractivity contribution in [3.63, 3.8) is 0 Å². The first-order valence-corrected chi connectivity index (χ1v) is 12.6. The van der Waals surface area contributed by atoms with Gasteiger partial charge in [0.25, 0.3) is 15.9 Å². The molecular weight excluding hydrogens is 467 g/mol. The van der Waals surface area contributed by atoms with E-state index in [0.29, 0.717) is 17.5 Å². The minimum atomic E-state index is -4.16. The van der Waals surface area contributed by atoms with Gasteiger partial charge in [-0.25, -0.2) is 17.5 Å². The minimum absolute atomic E-state index is 0.0568. The molecular formula is C27H25FN2O4S. The number of hydrogen-bond acceptors (Lipinski definition) is 4. The Labute approximate surface area is 204 Å². The molecule has 0 aromatic heterocycles. The smallest absolute Gasteiger partial charge is 0.266 e. The van der Waals surface area contributed by atoms with E-state index < -0.39 is 21.8 Å². The molecule has 0 aliphatic rings. The summed E-state index contributed by atoms with van der Waals surface area (Å²) in [6.07, 6.45) is 2.44. The van der Waals surface area contributed by atoms with E-state index >= 15 is 0 Å². The summed E-state index contributed by atoms with van der Waals surface area (Å²) >= 11 is 0. The summed E-state index contributed by atoms with van der Waals surface area (Å²) in [6, 6.07) is 18.2. The van der Waals surface area contributed by atoms with E-state index in [-0.39, 0.29) is 28.4 Å². The molecule has 180 valence electrons. The molecule has 8 heteroatoms. The Hall–Kier alpha value is -3.96. The lowest BCUT2D eigenvalue weighted by Gasteiger charge is -2.12. The largest absolute Gasteiger partial charge is 0.321 e. The lowest BCUT2D eigenvalue weighted by molar-refractivity contribution is -0.119. The van der Waals surface area contributed by atoms with Gasteiger partial charge in [-0.05, 0) is 61.0 Å². The van der Waals surface area contributed by atoms with Crippen LogP contribution in [0.5, 0.6) is 0 Å². The molecule has 35 heavy (non-hydrogen) atoms. The highest BCUT2D eigenvalue weighted by molar-refractivity contribution is 7.90. The molecule has 2 amide bonds. The van der Waals surface area contributed by atoms with Gasteiger partial charge in [-0.15, -0.1) is 0 Å². The number of hydrogen-bond donors (Lipinski definition) is 2. The van der Waals surface area contributed by atoms with Gasteiger partial charge in [0.1, 0.15) is 10.7 Å². The second kappa shape index (κ2) is 12.0. The molecule has 0 saturated carbocycles. The summed E-state index contributed by atoms with van der Waals surface area (Å²) in [6.45, 7) is 1.99. The second-order valence-corrected chi connectivity index (χ2v) is 9.42. The third-order valence-corrected chi connectivity index (χ3v) is 6.43. The van der Waals surface area contributed by atoms with Gasteiger partial charge < -0.3 is 5.32 Å². The van der Waals surface area contributed by atoms with Crippen LogP contribution in [-0.4, -0.2) is 20.2 Å². The van der Waals surface area contributed by atoms with Crippen LogP contribution in [0.15, 0.2) is 77.7 Å². The van der Waals surface area contributed by atoms with Crippen LogP contribution < -0.4 is 10.0 Å². The van der Waals surface area contributed by atoms with Gasteiger partial charge in [-0.3, -0.25) is 9.59 Å². The first-order valence-electron chi connectivity index (χ1n) is 11.1. The lowest BCUT2D eigenvalue weighted by atomic mass is 10.1. The van der Waals surface area contributed by atoms with E-state index in [1.54, 1.807) is 42.5 Å². The van der Waals surface area contributed by atoms with Crippen LogP contribution in [0.25, 0.3) is 0 Å². The molecule has 3 rings (SSSR count). The molecule has 0 bridgehead atoms. The number of rotatable bonds is 8. The predicted molar refractivity (Wildman–Crippen MR) is 133 cm³/mol. The number of nitrogens with one attached hydrogen (secondary N) is 2. The summed E-state index contributed by atoms with van der Waals surface area (Å²) < 4.78 is 40.8. The van der Waals surface area contributed by atoms with Crippen LogP contribution in [0, 0.1) is 17.7 Å². The lowest BCUT2D eigenvalue weighted by Crippen LogP contribution is -2.31.